The zero-order chi connectivity index (χ0) is 14.5. The fourth-order valence-electron chi connectivity index (χ4n) is 2.77. The van der Waals surface area contributed by atoms with Crippen molar-refractivity contribution in [3.8, 4) is 5.75 Å². The first kappa shape index (κ1) is 15.1. The molecule has 0 saturated carbocycles. The van der Waals surface area contributed by atoms with Crippen molar-refractivity contribution in [2.24, 2.45) is 5.92 Å². The number of nitrogens with zero attached hydrogens (tertiary/aromatic N) is 1. The Labute approximate surface area is 123 Å². The number of hydrogen-bond donors (Lipinski definition) is 0. The summed E-state index contributed by atoms with van der Waals surface area (Å²) in [6.07, 6.45) is 6.75. The summed E-state index contributed by atoms with van der Waals surface area (Å²) in [5.74, 6) is 1.76. The van der Waals surface area contributed by atoms with Crippen LogP contribution in [0.3, 0.4) is 0 Å². The van der Waals surface area contributed by atoms with Crippen LogP contribution in [0.15, 0.2) is 18.2 Å². The molecular weight excluding hydrogens is 246 g/mol. The fraction of sp³-hybridized carbons (Fsp3) is 0.556. The lowest BCUT2D eigenvalue weighted by molar-refractivity contribution is 0.159. The molecule has 1 aliphatic heterocycles. The maximum atomic E-state index is 6.08. The second kappa shape index (κ2) is 6.94. The molecule has 1 aliphatic rings. The molecule has 1 aromatic carbocycles. The second-order valence-electron chi connectivity index (χ2n) is 5.96. The number of rotatable bonds is 4. The molecule has 2 heteroatoms. The van der Waals surface area contributed by atoms with Crippen molar-refractivity contribution in [3.63, 3.8) is 0 Å². The predicted octanol–water partition coefficient (Wildman–Crippen LogP) is 4.06. The quantitative estimate of drug-likeness (QED) is 0.820. The van der Waals surface area contributed by atoms with Crippen molar-refractivity contribution in [1.29, 1.82) is 0 Å². The average molecular weight is 273 g/mol. The predicted molar refractivity (Wildman–Crippen MR) is 86.3 cm³/mol. The van der Waals surface area contributed by atoms with Gasteiger partial charge < -0.3 is 9.64 Å². The van der Waals surface area contributed by atoms with E-state index in [0.29, 0.717) is 5.92 Å². The number of ether oxygens (including phenoxy) is 1. The largest absolute Gasteiger partial charge is 0.493 e. The lowest BCUT2D eigenvalue weighted by atomic mass is 9.98. The van der Waals surface area contributed by atoms with Crippen molar-refractivity contribution in [2.45, 2.75) is 33.6 Å². The van der Waals surface area contributed by atoms with Crippen LogP contribution in [0.25, 0.3) is 6.08 Å². The zero-order valence-corrected chi connectivity index (χ0v) is 13.3. The molecule has 0 aliphatic carbocycles. The highest BCUT2D eigenvalue weighted by Crippen LogP contribution is 2.26. The summed E-state index contributed by atoms with van der Waals surface area (Å²) in [5.41, 5.74) is 3.88. The van der Waals surface area contributed by atoms with Gasteiger partial charge >= 0.3 is 0 Å². The summed E-state index contributed by atoms with van der Waals surface area (Å²) >= 11 is 0. The topological polar surface area (TPSA) is 12.5 Å². The third kappa shape index (κ3) is 3.63. The van der Waals surface area contributed by atoms with E-state index in [0.717, 1.165) is 12.4 Å². The minimum atomic E-state index is 0.709. The van der Waals surface area contributed by atoms with Crippen molar-refractivity contribution >= 4 is 6.08 Å². The molecule has 0 amide bonds. The lowest BCUT2D eigenvalue weighted by Crippen LogP contribution is -2.32. The van der Waals surface area contributed by atoms with Crippen molar-refractivity contribution < 1.29 is 4.74 Å². The molecule has 0 radical (unpaired) electrons. The zero-order valence-electron chi connectivity index (χ0n) is 13.3. The molecule has 1 aromatic rings. The highest BCUT2D eigenvalue weighted by molar-refractivity contribution is 5.58. The van der Waals surface area contributed by atoms with Gasteiger partial charge in [-0.3, -0.25) is 0 Å². The lowest BCUT2D eigenvalue weighted by Gasteiger charge is -2.29. The number of likely N-dealkylation sites (tertiary alicyclic amines) is 1. The van der Waals surface area contributed by atoms with Gasteiger partial charge in [-0.15, -0.1) is 0 Å². The van der Waals surface area contributed by atoms with E-state index in [1.54, 1.807) is 0 Å². The van der Waals surface area contributed by atoms with Crippen LogP contribution in [0.2, 0.25) is 0 Å². The smallest absolute Gasteiger partial charge is 0.122 e. The first-order valence-electron chi connectivity index (χ1n) is 7.66. The van der Waals surface area contributed by atoms with Crippen LogP contribution >= 0.6 is 0 Å². The molecule has 2 nitrogen and oxygen atoms in total. The molecule has 0 spiro atoms. The Morgan fingerprint density at radius 1 is 1.20 bits per heavy atom. The van der Waals surface area contributed by atoms with Crippen LogP contribution in [0, 0.1) is 19.8 Å². The van der Waals surface area contributed by atoms with Gasteiger partial charge in [-0.25, -0.2) is 0 Å². The van der Waals surface area contributed by atoms with E-state index in [4.69, 9.17) is 4.74 Å². The standard InChI is InChI=1S/C18H27NO/c1-5-6-17-7-8-18(15(3)14(17)2)20-13-16-9-11-19(4)12-10-16/h5-8,16H,9-13H2,1-4H3/b6-5+. The maximum Gasteiger partial charge on any atom is 0.122 e. The Hall–Kier alpha value is -1.28. The van der Waals surface area contributed by atoms with E-state index in [9.17, 15) is 0 Å². The first-order valence-corrected chi connectivity index (χ1v) is 7.66. The number of hydrogen-bond acceptors (Lipinski definition) is 2. The normalized spacial score (nSPS) is 17.8. The molecule has 0 bridgehead atoms. The van der Waals surface area contributed by atoms with E-state index in [2.05, 4.69) is 57.0 Å². The summed E-state index contributed by atoms with van der Waals surface area (Å²) in [4.78, 5) is 2.40. The van der Waals surface area contributed by atoms with Gasteiger partial charge in [0.25, 0.3) is 0 Å². The van der Waals surface area contributed by atoms with Crippen LogP contribution in [0.5, 0.6) is 5.75 Å². The molecule has 0 unspecified atom stereocenters. The van der Waals surface area contributed by atoms with E-state index in [1.807, 2.05) is 0 Å². The molecule has 0 atom stereocenters. The van der Waals surface area contributed by atoms with Crippen LogP contribution in [-0.2, 0) is 0 Å². The highest BCUT2D eigenvalue weighted by Gasteiger charge is 2.17. The Kier molecular flexibility index (Phi) is 5.24. The van der Waals surface area contributed by atoms with E-state index in [-0.39, 0.29) is 0 Å². The van der Waals surface area contributed by atoms with Crippen molar-refractivity contribution in [1.82, 2.24) is 4.90 Å². The van der Waals surface area contributed by atoms with Gasteiger partial charge in [0.15, 0.2) is 0 Å². The van der Waals surface area contributed by atoms with Crippen molar-refractivity contribution in [2.75, 3.05) is 26.7 Å². The van der Waals surface area contributed by atoms with Crippen LogP contribution in [0.1, 0.15) is 36.5 Å². The minimum Gasteiger partial charge on any atom is -0.493 e. The Morgan fingerprint density at radius 2 is 1.90 bits per heavy atom. The van der Waals surface area contributed by atoms with Crippen molar-refractivity contribution in [3.05, 3.63) is 34.9 Å². The Balaban J connectivity index is 1.98. The number of allylic oxidation sites excluding steroid dienone is 1. The monoisotopic (exact) mass is 273 g/mol. The Bertz CT molecular complexity index is 471. The van der Waals surface area contributed by atoms with E-state index >= 15 is 0 Å². The minimum absolute atomic E-state index is 0.709. The summed E-state index contributed by atoms with van der Waals surface area (Å²) in [6.45, 7) is 9.65. The van der Waals surface area contributed by atoms with Gasteiger partial charge in [-0.1, -0.05) is 18.2 Å². The molecular formula is C18H27NO. The summed E-state index contributed by atoms with van der Waals surface area (Å²) in [7, 11) is 2.20. The van der Waals surface area contributed by atoms with Gasteiger partial charge in [0.2, 0.25) is 0 Å². The SMILES string of the molecule is C/C=C/c1ccc(OCC2CCN(C)CC2)c(C)c1C. The summed E-state index contributed by atoms with van der Waals surface area (Å²) in [5, 5.41) is 0. The molecule has 1 fully saturated rings. The van der Waals surface area contributed by atoms with Gasteiger partial charge in [0.1, 0.15) is 5.75 Å². The fourth-order valence-corrected chi connectivity index (χ4v) is 2.77. The summed E-state index contributed by atoms with van der Waals surface area (Å²) < 4.78 is 6.08. The van der Waals surface area contributed by atoms with E-state index in [1.165, 1.54) is 42.6 Å². The number of benzene rings is 1. The average Bonchev–Trinajstić information content (AvgIpc) is 2.45. The number of piperidine rings is 1. The molecule has 20 heavy (non-hydrogen) atoms. The van der Waals surface area contributed by atoms with E-state index < -0.39 is 0 Å². The van der Waals surface area contributed by atoms with Crippen LogP contribution in [-0.4, -0.2) is 31.6 Å². The molecule has 0 aromatic heterocycles. The third-order valence-corrected chi connectivity index (χ3v) is 4.44. The Morgan fingerprint density at radius 3 is 2.55 bits per heavy atom. The second-order valence-corrected chi connectivity index (χ2v) is 5.96. The molecule has 2 rings (SSSR count). The molecule has 1 saturated heterocycles. The molecule has 1 heterocycles. The molecule has 110 valence electrons. The van der Waals surface area contributed by atoms with Gasteiger partial charge in [0.05, 0.1) is 6.61 Å². The van der Waals surface area contributed by atoms with Gasteiger partial charge in [0, 0.05) is 0 Å². The van der Waals surface area contributed by atoms with Crippen LogP contribution < -0.4 is 4.74 Å². The summed E-state index contributed by atoms with van der Waals surface area (Å²) in [6, 6.07) is 4.28. The third-order valence-electron chi connectivity index (χ3n) is 4.44. The molecule has 0 N–H and O–H groups in total. The van der Waals surface area contributed by atoms with Gasteiger partial charge in [-0.2, -0.15) is 0 Å². The highest BCUT2D eigenvalue weighted by atomic mass is 16.5. The van der Waals surface area contributed by atoms with Crippen LogP contribution in [0.4, 0.5) is 0 Å². The first-order chi connectivity index (χ1) is 9.61. The van der Waals surface area contributed by atoms with Gasteiger partial charge in [-0.05, 0) is 82.4 Å². The maximum absolute atomic E-state index is 6.08.